The molecule has 0 aromatic heterocycles. The largest absolute Gasteiger partial charge is 0.324 e. The summed E-state index contributed by atoms with van der Waals surface area (Å²) in [4.78, 5) is 0. The van der Waals surface area contributed by atoms with Crippen LogP contribution in [0.25, 0.3) is 0 Å². The lowest BCUT2D eigenvalue weighted by Crippen LogP contribution is -2.36. The first-order chi connectivity index (χ1) is 8.40. The standard InChI is InChI=1S/C15H21F2N/c1-15(2)6-4-3-5-13(15)14(18)10-7-11(16)9-12(17)8-10/h7-9,13-14H,3-6,18H2,1-2H3. The van der Waals surface area contributed by atoms with Gasteiger partial charge in [-0.3, -0.25) is 0 Å². The molecule has 0 amide bonds. The zero-order chi connectivity index (χ0) is 13.3. The Labute approximate surface area is 107 Å². The molecule has 2 unspecified atom stereocenters. The topological polar surface area (TPSA) is 26.0 Å². The maximum atomic E-state index is 13.3. The maximum absolute atomic E-state index is 13.3. The van der Waals surface area contributed by atoms with Crippen LogP contribution in [0.15, 0.2) is 18.2 Å². The summed E-state index contributed by atoms with van der Waals surface area (Å²) in [6.45, 7) is 4.40. The first-order valence-corrected chi connectivity index (χ1v) is 6.62. The first-order valence-electron chi connectivity index (χ1n) is 6.62. The van der Waals surface area contributed by atoms with Crippen LogP contribution in [0.2, 0.25) is 0 Å². The van der Waals surface area contributed by atoms with Gasteiger partial charge < -0.3 is 5.73 Å². The van der Waals surface area contributed by atoms with Gasteiger partial charge in [0.2, 0.25) is 0 Å². The van der Waals surface area contributed by atoms with Crippen molar-refractivity contribution < 1.29 is 8.78 Å². The minimum Gasteiger partial charge on any atom is -0.324 e. The summed E-state index contributed by atoms with van der Waals surface area (Å²) < 4.78 is 26.5. The van der Waals surface area contributed by atoms with E-state index in [4.69, 9.17) is 5.73 Å². The van der Waals surface area contributed by atoms with Crippen molar-refractivity contribution in [3.63, 3.8) is 0 Å². The van der Waals surface area contributed by atoms with Crippen molar-refractivity contribution in [2.24, 2.45) is 17.1 Å². The molecule has 2 N–H and O–H groups in total. The maximum Gasteiger partial charge on any atom is 0.126 e. The average Bonchev–Trinajstić information content (AvgIpc) is 2.26. The van der Waals surface area contributed by atoms with Crippen LogP contribution in [0.1, 0.15) is 51.1 Å². The van der Waals surface area contributed by atoms with Crippen molar-refractivity contribution in [1.29, 1.82) is 0 Å². The minimum atomic E-state index is -0.547. The Balaban J connectivity index is 2.26. The normalized spacial score (nSPS) is 24.8. The van der Waals surface area contributed by atoms with Crippen molar-refractivity contribution in [2.75, 3.05) is 0 Å². The SMILES string of the molecule is CC1(C)CCCCC1C(N)c1cc(F)cc(F)c1. The Morgan fingerprint density at radius 2 is 1.78 bits per heavy atom. The third-order valence-corrected chi connectivity index (χ3v) is 4.29. The number of rotatable bonds is 2. The van der Waals surface area contributed by atoms with Gasteiger partial charge in [0.05, 0.1) is 0 Å². The van der Waals surface area contributed by atoms with Crippen LogP contribution in [-0.4, -0.2) is 0 Å². The van der Waals surface area contributed by atoms with Gasteiger partial charge in [-0.1, -0.05) is 26.7 Å². The van der Waals surface area contributed by atoms with Gasteiger partial charge in [-0.15, -0.1) is 0 Å². The van der Waals surface area contributed by atoms with Crippen LogP contribution in [0.4, 0.5) is 8.78 Å². The molecule has 1 aromatic carbocycles. The molecule has 2 rings (SSSR count). The third kappa shape index (κ3) is 2.72. The van der Waals surface area contributed by atoms with E-state index in [0.29, 0.717) is 5.56 Å². The summed E-state index contributed by atoms with van der Waals surface area (Å²) in [7, 11) is 0. The van der Waals surface area contributed by atoms with Crippen molar-refractivity contribution in [3.8, 4) is 0 Å². The molecule has 1 nitrogen and oxygen atoms in total. The van der Waals surface area contributed by atoms with E-state index in [9.17, 15) is 8.78 Å². The molecule has 2 atom stereocenters. The number of benzene rings is 1. The molecule has 3 heteroatoms. The molecule has 100 valence electrons. The molecule has 0 saturated heterocycles. The second kappa shape index (κ2) is 4.96. The molecule has 1 aliphatic carbocycles. The van der Waals surface area contributed by atoms with E-state index in [0.717, 1.165) is 25.3 Å². The zero-order valence-corrected chi connectivity index (χ0v) is 11.0. The summed E-state index contributed by atoms with van der Waals surface area (Å²) in [5, 5.41) is 0. The van der Waals surface area contributed by atoms with Gasteiger partial charge in [-0.25, -0.2) is 8.78 Å². The molecule has 0 heterocycles. The molecule has 1 saturated carbocycles. The van der Waals surface area contributed by atoms with E-state index in [1.807, 2.05) is 0 Å². The number of hydrogen-bond acceptors (Lipinski definition) is 1. The fourth-order valence-electron chi connectivity index (χ4n) is 3.19. The van der Waals surface area contributed by atoms with E-state index in [1.165, 1.54) is 18.6 Å². The average molecular weight is 253 g/mol. The monoisotopic (exact) mass is 253 g/mol. The lowest BCUT2D eigenvalue weighted by Gasteiger charge is -2.42. The van der Waals surface area contributed by atoms with E-state index < -0.39 is 11.6 Å². The first kappa shape index (κ1) is 13.5. The molecule has 0 aliphatic heterocycles. The van der Waals surface area contributed by atoms with Crippen LogP contribution in [-0.2, 0) is 0 Å². The summed E-state index contributed by atoms with van der Waals surface area (Å²) in [6.07, 6.45) is 4.53. The quantitative estimate of drug-likeness (QED) is 0.840. The highest BCUT2D eigenvalue weighted by atomic mass is 19.1. The minimum absolute atomic E-state index is 0.139. The molecule has 0 bridgehead atoms. The zero-order valence-electron chi connectivity index (χ0n) is 11.0. The molecular formula is C15H21F2N. The van der Waals surface area contributed by atoms with Gasteiger partial charge in [0.1, 0.15) is 11.6 Å². The second-order valence-corrected chi connectivity index (χ2v) is 6.07. The predicted molar refractivity (Wildman–Crippen MR) is 69.0 cm³/mol. The highest BCUT2D eigenvalue weighted by Crippen LogP contribution is 2.45. The Morgan fingerprint density at radius 1 is 1.17 bits per heavy atom. The summed E-state index contributed by atoms with van der Waals surface area (Å²) in [5.41, 5.74) is 6.97. The summed E-state index contributed by atoms with van der Waals surface area (Å²) in [6, 6.07) is 3.32. The number of hydrogen-bond donors (Lipinski definition) is 1. The smallest absolute Gasteiger partial charge is 0.126 e. The molecule has 1 fully saturated rings. The van der Waals surface area contributed by atoms with Crippen LogP contribution >= 0.6 is 0 Å². The summed E-state index contributed by atoms with van der Waals surface area (Å²) >= 11 is 0. The number of halogens is 2. The Bertz CT molecular complexity index is 408. The molecule has 0 radical (unpaired) electrons. The van der Waals surface area contributed by atoms with Crippen LogP contribution in [0.5, 0.6) is 0 Å². The third-order valence-electron chi connectivity index (χ3n) is 4.29. The molecule has 1 aliphatic rings. The van der Waals surface area contributed by atoms with Crippen molar-refractivity contribution in [2.45, 2.75) is 45.6 Å². The van der Waals surface area contributed by atoms with Gasteiger partial charge in [0, 0.05) is 12.1 Å². The molecule has 18 heavy (non-hydrogen) atoms. The molecule has 0 spiro atoms. The van der Waals surface area contributed by atoms with Crippen LogP contribution in [0, 0.1) is 23.0 Å². The van der Waals surface area contributed by atoms with Crippen molar-refractivity contribution in [3.05, 3.63) is 35.4 Å². The predicted octanol–water partition coefficient (Wildman–Crippen LogP) is 4.18. The van der Waals surface area contributed by atoms with E-state index in [-0.39, 0.29) is 17.4 Å². The lowest BCUT2D eigenvalue weighted by molar-refractivity contribution is 0.112. The fraction of sp³-hybridized carbons (Fsp3) is 0.600. The van der Waals surface area contributed by atoms with Gasteiger partial charge in [-0.05, 0) is 41.9 Å². The Morgan fingerprint density at radius 3 is 2.33 bits per heavy atom. The molecular weight excluding hydrogens is 232 g/mol. The second-order valence-electron chi connectivity index (χ2n) is 6.07. The van der Waals surface area contributed by atoms with E-state index in [1.54, 1.807) is 0 Å². The van der Waals surface area contributed by atoms with E-state index in [2.05, 4.69) is 13.8 Å². The van der Waals surface area contributed by atoms with Crippen LogP contribution < -0.4 is 5.73 Å². The Hall–Kier alpha value is -0.960. The van der Waals surface area contributed by atoms with Crippen molar-refractivity contribution >= 4 is 0 Å². The number of nitrogens with two attached hydrogens (primary N) is 1. The van der Waals surface area contributed by atoms with Crippen LogP contribution in [0.3, 0.4) is 0 Å². The highest BCUT2D eigenvalue weighted by Gasteiger charge is 2.36. The van der Waals surface area contributed by atoms with E-state index >= 15 is 0 Å². The van der Waals surface area contributed by atoms with Gasteiger partial charge in [0.15, 0.2) is 0 Å². The highest BCUT2D eigenvalue weighted by molar-refractivity contribution is 5.22. The van der Waals surface area contributed by atoms with Crippen molar-refractivity contribution in [1.82, 2.24) is 0 Å². The molecule has 1 aromatic rings. The van der Waals surface area contributed by atoms with Gasteiger partial charge in [-0.2, -0.15) is 0 Å². The summed E-state index contributed by atoms with van der Waals surface area (Å²) in [5.74, 6) is -0.810. The lowest BCUT2D eigenvalue weighted by atomic mass is 9.65. The fourth-order valence-corrected chi connectivity index (χ4v) is 3.19. The Kier molecular flexibility index (Phi) is 3.71. The van der Waals surface area contributed by atoms with Gasteiger partial charge in [0.25, 0.3) is 0 Å². The van der Waals surface area contributed by atoms with Gasteiger partial charge >= 0.3 is 0 Å².